The number of Topliss-reactive ketones (excluding diaryl/α,β-unsaturated/α-hetero) is 1. The van der Waals surface area contributed by atoms with Gasteiger partial charge in [0.1, 0.15) is 22.9 Å². The summed E-state index contributed by atoms with van der Waals surface area (Å²) in [6.07, 6.45) is 2.28. The Kier molecular flexibility index (Phi) is 5.23. The lowest BCUT2D eigenvalue weighted by atomic mass is 9.63. The first-order chi connectivity index (χ1) is 14.7. The quantitative estimate of drug-likeness (QED) is 0.356. The molecule has 0 aromatic carbocycles. The lowest BCUT2D eigenvalue weighted by Crippen LogP contribution is -2.66. The van der Waals surface area contributed by atoms with Gasteiger partial charge < -0.3 is 24.4 Å². The first kappa shape index (κ1) is 23.1. The van der Waals surface area contributed by atoms with Crippen LogP contribution in [-0.2, 0) is 28.6 Å². The van der Waals surface area contributed by atoms with Crippen LogP contribution in [0, 0.1) is 23.7 Å². The van der Waals surface area contributed by atoms with Gasteiger partial charge in [-0.2, -0.15) is 0 Å². The maximum absolute atomic E-state index is 12.8. The number of aliphatic hydroxyl groups is 2. The predicted octanol–water partition coefficient (Wildman–Crippen LogP) is 2.17. The van der Waals surface area contributed by atoms with Crippen LogP contribution in [0.3, 0.4) is 0 Å². The van der Waals surface area contributed by atoms with Crippen LogP contribution in [0.4, 0.5) is 0 Å². The molecule has 8 nitrogen and oxygen atoms in total. The molecular weight excluding hydrogens is 416 g/mol. The standard InChI is InChI=1S/C24H32O8/c1-11(2)24(29)14-8-7-12(3)18-15-16(23(6,28)31-18)20(26)30-17(15)13(4)9-10-22(14,5)32-21(27)19(24)25/h7,11,14-16,18,28-29H,8-10H2,1-6H3/t14-,15-,16+,18+,22-,23+,24-/m0/s1. The highest BCUT2D eigenvalue weighted by atomic mass is 16.7. The number of fused-ring (bicyclic) bond motifs is 1. The molecule has 3 saturated heterocycles. The summed E-state index contributed by atoms with van der Waals surface area (Å²) in [5, 5.41) is 22.3. The third-order valence-corrected chi connectivity index (χ3v) is 7.96. The maximum Gasteiger partial charge on any atom is 0.378 e. The number of carbonyl (C=O) groups is 3. The third kappa shape index (κ3) is 3.10. The van der Waals surface area contributed by atoms with Crippen LogP contribution in [0.1, 0.15) is 60.8 Å². The van der Waals surface area contributed by atoms with Crippen LogP contribution in [0.2, 0.25) is 0 Å². The first-order valence-corrected chi connectivity index (χ1v) is 11.2. The van der Waals surface area contributed by atoms with Gasteiger partial charge in [0.15, 0.2) is 5.79 Å². The highest BCUT2D eigenvalue weighted by molar-refractivity contribution is 6.37. The summed E-state index contributed by atoms with van der Waals surface area (Å²) >= 11 is 0. The molecule has 176 valence electrons. The summed E-state index contributed by atoms with van der Waals surface area (Å²) in [5.74, 6) is -6.13. The molecule has 4 aliphatic rings. The number of rotatable bonds is 1. The van der Waals surface area contributed by atoms with Gasteiger partial charge >= 0.3 is 11.9 Å². The lowest BCUT2D eigenvalue weighted by Gasteiger charge is -2.50. The normalized spacial score (nSPS) is 44.5. The van der Waals surface area contributed by atoms with Crippen LogP contribution in [-0.4, -0.2) is 51.0 Å². The van der Waals surface area contributed by atoms with Gasteiger partial charge in [0.25, 0.3) is 5.78 Å². The van der Waals surface area contributed by atoms with E-state index in [4.69, 9.17) is 14.2 Å². The van der Waals surface area contributed by atoms with E-state index in [1.807, 2.05) is 19.9 Å². The summed E-state index contributed by atoms with van der Waals surface area (Å²) < 4.78 is 17.2. The van der Waals surface area contributed by atoms with Crippen molar-refractivity contribution >= 4 is 17.7 Å². The highest BCUT2D eigenvalue weighted by Gasteiger charge is 2.64. The number of allylic oxidation sites excluding steroid dienone is 2. The average molecular weight is 449 g/mol. The monoisotopic (exact) mass is 448 g/mol. The topological polar surface area (TPSA) is 119 Å². The van der Waals surface area contributed by atoms with E-state index < -0.39 is 64.5 Å². The molecule has 7 atom stereocenters. The molecule has 3 fully saturated rings. The molecule has 4 rings (SSSR count). The van der Waals surface area contributed by atoms with E-state index in [9.17, 15) is 24.6 Å². The molecule has 3 aliphatic heterocycles. The fourth-order valence-corrected chi connectivity index (χ4v) is 5.97. The van der Waals surface area contributed by atoms with Gasteiger partial charge in [0.05, 0.1) is 12.0 Å². The van der Waals surface area contributed by atoms with E-state index in [1.54, 1.807) is 20.8 Å². The Bertz CT molecular complexity index is 944. The molecule has 0 saturated carbocycles. The van der Waals surface area contributed by atoms with Crippen molar-refractivity contribution < 1.29 is 38.8 Å². The minimum Gasteiger partial charge on any atom is -0.453 e. The summed E-state index contributed by atoms with van der Waals surface area (Å²) in [6.45, 7) is 10.3. The van der Waals surface area contributed by atoms with E-state index in [0.717, 1.165) is 11.1 Å². The zero-order chi connectivity index (χ0) is 23.8. The zero-order valence-electron chi connectivity index (χ0n) is 19.4. The van der Waals surface area contributed by atoms with Crippen molar-refractivity contribution in [1.29, 1.82) is 0 Å². The van der Waals surface area contributed by atoms with Crippen LogP contribution < -0.4 is 0 Å². The Morgan fingerprint density at radius 3 is 2.41 bits per heavy atom. The molecule has 0 aromatic heterocycles. The van der Waals surface area contributed by atoms with E-state index >= 15 is 0 Å². The van der Waals surface area contributed by atoms with Crippen molar-refractivity contribution in [3.8, 4) is 0 Å². The van der Waals surface area contributed by atoms with Gasteiger partial charge in [0.2, 0.25) is 0 Å². The molecule has 2 N–H and O–H groups in total. The zero-order valence-corrected chi connectivity index (χ0v) is 19.4. The van der Waals surface area contributed by atoms with Crippen molar-refractivity contribution in [2.45, 2.75) is 83.9 Å². The number of hydrogen-bond donors (Lipinski definition) is 2. The molecule has 0 bridgehead atoms. The molecule has 0 spiro atoms. The Morgan fingerprint density at radius 1 is 1.12 bits per heavy atom. The second kappa shape index (κ2) is 7.23. The Hall–Kier alpha value is -2.03. The lowest BCUT2D eigenvalue weighted by molar-refractivity contribution is -0.214. The fraction of sp³-hybridized carbons (Fsp3) is 0.708. The van der Waals surface area contributed by atoms with Crippen molar-refractivity contribution in [3.05, 3.63) is 23.0 Å². The minimum absolute atomic E-state index is 0.263. The molecule has 0 amide bonds. The second-order valence-corrected chi connectivity index (χ2v) is 10.4. The molecule has 32 heavy (non-hydrogen) atoms. The van der Waals surface area contributed by atoms with Crippen LogP contribution >= 0.6 is 0 Å². The van der Waals surface area contributed by atoms with Crippen molar-refractivity contribution in [3.63, 3.8) is 0 Å². The van der Waals surface area contributed by atoms with Crippen molar-refractivity contribution in [2.75, 3.05) is 0 Å². The number of carbonyl (C=O) groups excluding carboxylic acids is 3. The SMILES string of the molecule is CC1=CC[C@H]2[C@](C)(CCC(C)=C3OC(=O)[C@H]4[C@@H]3[C@@H]1O[C@@]4(C)O)OC(=O)C(=O)[C@]2(O)C(C)C. The van der Waals surface area contributed by atoms with Crippen molar-refractivity contribution in [1.82, 2.24) is 0 Å². The Morgan fingerprint density at radius 2 is 1.78 bits per heavy atom. The number of ketones is 1. The molecule has 3 heterocycles. The van der Waals surface area contributed by atoms with Gasteiger partial charge in [-0.25, -0.2) is 4.79 Å². The van der Waals surface area contributed by atoms with E-state index in [2.05, 4.69) is 0 Å². The van der Waals surface area contributed by atoms with Crippen LogP contribution in [0.25, 0.3) is 0 Å². The predicted molar refractivity (Wildman–Crippen MR) is 112 cm³/mol. The van der Waals surface area contributed by atoms with Gasteiger partial charge in [-0.3, -0.25) is 9.59 Å². The van der Waals surface area contributed by atoms with Gasteiger partial charge in [-0.05, 0) is 64.0 Å². The molecule has 8 heteroatoms. The third-order valence-electron chi connectivity index (χ3n) is 7.96. The van der Waals surface area contributed by atoms with Gasteiger partial charge in [-0.1, -0.05) is 19.9 Å². The molecule has 0 aromatic rings. The Labute approximate surface area is 187 Å². The van der Waals surface area contributed by atoms with Gasteiger partial charge in [0, 0.05) is 5.92 Å². The van der Waals surface area contributed by atoms with Crippen LogP contribution in [0.5, 0.6) is 0 Å². The van der Waals surface area contributed by atoms with E-state index in [0.29, 0.717) is 18.6 Å². The molecule has 0 radical (unpaired) electrons. The smallest absolute Gasteiger partial charge is 0.378 e. The Balaban J connectivity index is 1.85. The van der Waals surface area contributed by atoms with Crippen LogP contribution in [0.15, 0.2) is 23.0 Å². The van der Waals surface area contributed by atoms with E-state index in [-0.39, 0.29) is 6.42 Å². The summed E-state index contributed by atoms with van der Waals surface area (Å²) in [5.41, 5.74) is -1.44. The van der Waals surface area contributed by atoms with Gasteiger partial charge in [-0.15, -0.1) is 0 Å². The fourth-order valence-electron chi connectivity index (χ4n) is 5.97. The van der Waals surface area contributed by atoms with E-state index in [1.165, 1.54) is 6.92 Å². The first-order valence-electron chi connectivity index (χ1n) is 11.2. The summed E-state index contributed by atoms with van der Waals surface area (Å²) in [4.78, 5) is 37.9. The molecular formula is C24H32O8. The average Bonchev–Trinajstić information content (AvgIpc) is 3.19. The second-order valence-electron chi connectivity index (χ2n) is 10.4. The maximum atomic E-state index is 12.8. The van der Waals surface area contributed by atoms with Crippen molar-refractivity contribution in [2.24, 2.45) is 23.7 Å². The summed E-state index contributed by atoms with van der Waals surface area (Å²) in [6, 6.07) is 0. The number of esters is 2. The summed E-state index contributed by atoms with van der Waals surface area (Å²) in [7, 11) is 0. The minimum atomic E-state index is -1.87. The largest absolute Gasteiger partial charge is 0.453 e. The highest BCUT2D eigenvalue weighted by Crippen LogP contribution is 2.53. The molecule has 1 aliphatic carbocycles. The molecule has 0 unspecified atom stereocenters. The number of hydrogen-bond acceptors (Lipinski definition) is 8. The number of ether oxygens (including phenoxy) is 3.